The van der Waals surface area contributed by atoms with Crippen molar-refractivity contribution in [3.63, 3.8) is 0 Å². The summed E-state index contributed by atoms with van der Waals surface area (Å²) in [5, 5.41) is 0. The van der Waals surface area contributed by atoms with Crippen LogP contribution in [0.25, 0.3) is 0 Å². The summed E-state index contributed by atoms with van der Waals surface area (Å²) < 4.78 is 16.7. The first-order valence-corrected chi connectivity index (χ1v) is 11.1. The van der Waals surface area contributed by atoms with E-state index in [1.54, 1.807) is 0 Å². The molecule has 0 aliphatic carbocycles. The molecule has 7 nitrogen and oxygen atoms in total. The maximum atomic E-state index is 5.27. The van der Waals surface area contributed by atoms with Gasteiger partial charge in [-0.3, -0.25) is 4.74 Å². The summed E-state index contributed by atoms with van der Waals surface area (Å²) in [7, 11) is 17.3. The van der Waals surface area contributed by atoms with Crippen molar-refractivity contribution in [1.29, 1.82) is 0 Å². The molecule has 0 amide bonds. The Balaban J connectivity index is 6.49. The zero-order valence-electron chi connectivity index (χ0n) is 17.6. The molecule has 0 saturated heterocycles. The van der Waals surface area contributed by atoms with E-state index in [2.05, 4.69) is 119 Å². The molecule has 0 saturated carbocycles. The molecule has 1 N–H and O–H groups in total. The topological polar surface area (TPSA) is 40.6 Å². The van der Waals surface area contributed by atoms with Crippen molar-refractivity contribution in [2.24, 2.45) is 4.74 Å². The summed E-state index contributed by atoms with van der Waals surface area (Å²) in [6.07, 6.45) is 0. The van der Waals surface area contributed by atoms with Crippen molar-refractivity contribution in [2.75, 3.05) is 70.5 Å². The second kappa shape index (κ2) is 8.20. The lowest BCUT2D eigenvalue weighted by Gasteiger charge is -2.46. The van der Waals surface area contributed by atoms with Crippen LogP contribution in [-0.2, 0) is 0 Å². The van der Waals surface area contributed by atoms with E-state index in [-0.39, 0.29) is 5.54 Å². The first kappa shape index (κ1) is 23.4. The summed E-state index contributed by atoms with van der Waals surface area (Å²) >= 11 is 0. The fourth-order valence-electron chi connectivity index (χ4n) is 2.68. The van der Waals surface area contributed by atoms with Gasteiger partial charge < -0.3 is 0 Å². The van der Waals surface area contributed by atoms with Gasteiger partial charge in [0.1, 0.15) is 0 Å². The van der Waals surface area contributed by atoms with Crippen LogP contribution in [0.15, 0.2) is 4.74 Å². The third kappa shape index (κ3) is 5.20. The van der Waals surface area contributed by atoms with Crippen LogP contribution < -0.4 is 4.86 Å². The van der Waals surface area contributed by atoms with Crippen molar-refractivity contribution in [2.45, 2.75) is 26.3 Å². The van der Waals surface area contributed by atoms with E-state index in [9.17, 15) is 0 Å². The van der Waals surface area contributed by atoms with Crippen LogP contribution in [0.2, 0.25) is 0 Å². The molecule has 0 aromatic rings. The minimum atomic E-state index is -2.08. The van der Waals surface area contributed by atoms with E-state index in [1.165, 1.54) is 0 Å². The van der Waals surface area contributed by atoms with Gasteiger partial charge in [-0.05, 0) is 49.0 Å². The maximum absolute atomic E-state index is 5.27. The molecule has 0 unspecified atom stereocenters. The second-order valence-electron chi connectivity index (χ2n) is 7.74. The highest BCUT2D eigenvalue weighted by atomic mass is 31.3. The van der Waals surface area contributed by atoms with Crippen molar-refractivity contribution in [1.82, 2.24) is 28.2 Å². The summed E-state index contributed by atoms with van der Waals surface area (Å²) in [6, 6.07) is 0. The minimum absolute atomic E-state index is 0.129. The molecule has 0 bridgehead atoms. The van der Waals surface area contributed by atoms with E-state index in [0.717, 1.165) is 0 Å². The summed E-state index contributed by atoms with van der Waals surface area (Å²) in [4.78, 5) is 4.02. The summed E-state index contributed by atoms with van der Waals surface area (Å²) in [5.41, 5.74) is -0.129. The molecular weight excluding hydrogens is 328 g/mol. The molecule has 0 fully saturated rings. The van der Waals surface area contributed by atoms with E-state index < -0.39 is 15.4 Å². The quantitative estimate of drug-likeness (QED) is 0.697. The van der Waals surface area contributed by atoms with Crippen LogP contribution in [-0.4, -0.2) is 99.4 Å². The molecule has 23 heavy (non-hydrogen) atoms. The van der Waals surface area contributed by atoms with Gasteiger partial charge in [0.25, 0.3) is 0 Å². The van der Waals surface area contributed by atoms with Gasteiger partial charge in [0, 0.05) is 42.3 Å². The van der Waals surface area contributed by atoms with Gasteiger partial charge in [-0.1, -0.05) is 4.86 Å². The zero-order valence-corrected chi connectivity index (χ0v) is 19.4. The maximum Gasteiger partial charge on any atom is 0.311 e. The lowest BCUT2D eigenvalue weighted by molar-refractivity contribution is 0.445. The normalized spacial score (nSPS) is 14.7. The zero-order chi connectivity index (χ0) is 18.8. The van der Waals surface area contributed by atoms with Crippen LogP contribution in [0.1, 0.15) is 20.8 Å². The largest absolute Gasteiger partial charge is 0.311 e. The fourth-order valence-corrected chi connectivity index (χ4v) is 11.9. The first-order valence-electron chi connectivity index (χ1n) is 7.84. The van der Waals surface area contributed by atoms with Gasteiger partial charge in [0.05, 0.1) is 5.54 Å². The Kier molecular flexibility index (Phi) is 8.35. The Morgan fingerprint density at radius 1 is 0.696 bits per heavy atom. The van der Waals surface area contributed by atoms with Gasteiger partial charge in [0.2, 0.25) is 7.51 Å². The molecule has 9 heteroatoms. The highest BCUT2D eigenvalue weighted by Crippen LogP contribution is 2.69. The molecule has 0 spiro atoms. The van der Waals surface area contributed by atoms with Crippen LogP contribution in [0.3, 0.4) is 0 Å². The van der Waals surface area contributed by atoms with E-state index >= 15 is 0 Å². The van der Waals surface area contributed by atoms with Crippen LogP contribution in [0.5, 0.6) is 0 Å². The molecule has 0 radical (unpaired) electrons. The molecule has 0 rings (SSSR count). The summed E-state index contributed by atoms with van der Waals surface area (Å²) in [5.74, 6) is 0. The Morgan fingerprint density at radius 2 is 1.00 bits per heavy atom. The van der Waals surface area contributed by atoms with Crippen molar-refractivity contribution >= 4 is 15.4 Å². The van der Waals surface area contributed by atoms with Crippen LogP contribution >= 0.6 is 15.4 Å². The van der Waals surface area contributed by atoms with Gasteiger partial charge in [0.15, 0.2) is 0 Å². The molecule has 140 valence electrons. The van der Waals surface area contributed by atoms with E-state index in [1.807, 2.05) is 0 Å². The second-order valence-corrected chi connectivity index (χ2v) is 15.0. The Morgan fingerprint density at radius 3 is 1.17 bits per heavy atom. The molecule has 0 aliphatic heterocycles. The van der Waals surface area contributed by atoms with Gasteiger partial charge >= 0.3 is 7.87 Å². The van der Waals surface area contributed by atoms with E-state index in [4.69, 9.17) is 4.74 Å². The van der Waals surface area contributed by atoms with Crippen molar-refractivity contribution in [3.8, 4) is 0 Å². The predicted octanol–water partition coefficient (Wildman–Crippen LogP) is 2.81. The third-order valence-corrected chi connectivity index (χ3v) is 12.1. The Bertz CT molecular complexity index is 392. The van der Waals surface area contributed by atoms with Crippen LogP contribution in [0.4, 0.5) is 0 Å². The number of rotatable bonds is 7. The number of hydrogen-bond acceptors (Lipinski definition) is 4. The monoisotopic (exact) mass is 368 g/mol. The lowest BCUT2D eigenvalue weighted by Crippen LogP contribution is -2.46. The number of nitrogens with zero attached hydrogens (tertiary/aromatic N) is 6. The fraction of sp³-hybridized carbons (Fsp3) is 1.00. The number of nitrogens with one attached hydrogen (secondary N) is 1. The highest BCUT2D eigenvalue weighted by molar-refractivity contribution is 7.78. The molecule has 0 aromatic heterocycles. The average molecular weight is 368 g/mol. The number of hydrogen-bond donors (Lipinski definition) is 1. The smallest absolute Gasteiger partial charge is 0.253 e. The molecule has 0 aromatic carbocycles. The molecule has 0 aliphatic rings. The van der Waals surface area contributed by atoms with Gasteiger partial charge in [-0.2, -0.15) is 0 Å². The highest BCUT2D eigenvalue weighted by Gasteiger charge is 2.53. The lowest BCUT2D eigenvalue weighted by atomic mass is 10.1. The SMILES string of the molecule is CN(C)P(=NC(C)(C)C)(N[P+](N(C)C)(N(C)C)N(C)C)N(C)C. The Labute approximate surface area is 145 Å². The summed E-state index contributed by atoms with van der Waals surface area (Å²) in [6.45, 7) is 6.49. The third-order valence-electron chi connectivity index (χ3n) is 3.50. The van der Waals surface area contributed by atoms with Crippen LogP contribution in [0, 0.1) is 0 Å². The predicted molar refractivity (Wildman–Crippen MR) is 108 cm³/mol. The molecule has 0 heterocycles. The van der Waals surface area contributed by atoms with Crippen molar-refractivity contribution in [3.05, 3.63) is 0 Å². The van der Waals surface area contributed by atoms with E-state index in [0.29, 0.717) is 0 Å². The van der Waals surface area contributed by atoms with Gasteiger partial charge in [-0.25, -0.2) is 9.34 Å². The Hall–Kier alpha value is 0.420. The standard InChI is InChI=1S/C14H40N7P2/c1-14(2,3)15-22(17(4)5,18(6)7)16-23(19(8)9,20(10)11)21(12)13/h16H,1-13H3/q+1. The molecule has 0 atom stereocenters. The average Bonchev–Trinajstić information content (AvgIpc) is 2.30. The minimum Gasteiger partial charge on any atom is -0.253 e. The molecular formula is C14H40N7P2+. The van der Waals surface area contributed by atoms with Gasteiger partial charge in [-0.15, -0.1) is 14.0 Å². The van der Waals surface area contributed by atoms with Crippen molar-refractivity contribution < 1.29 is 0 Å². The first-order chi connectivity index (χ1) is 10.1.